The number of aryl methyl sites for hydroxylation is 1. The predicted molar refractivity (Wildman–Crippen MR) is 134 cm³/mol. The van der Waals surface area contributed by atoms with Gasteiger partial charge in [0.05, 0.1) is 31.0 Å². The molecule has 0 spiro atoms. The van der Waals surface area contributed by atoms with Crippen molar-refractivity contribution in [3.8, 4) is 17.0 Å². The minimum atomic E-state index is -0.690. The van der Waals surface area contributed by atoms with Crippen LogP contribution in [0.15, 0.2) is 31.0 Å². The lowest BCUT2D eigenvalue weighted by atomic mass is 10.00. The van der Waals surface area contributed by atoms with Crippen molar-refractivity contribution in [2.75, 3.05) is 57.4 Å². The zero-order valence-corrected chi connectivity index (χ0v) is 20.5. The summed E-state index contributed by atoms with van der Waals surface area (Å²) in [6.07, 6.45) is 2.94. The molecule has 3 aliphatic rings. The minimum Gasteiger partial charge on any atom is -0.487 e. The number of rotatable bonds is 3. The summed E-state index contributed by atoms with van der Waals surface area (Å²) in [4.78, 5) is 36.2. The standard InChI is InChI=1S/C26H27FN6O4/c1-3-18(34)32-6-7-33-17(13-32)14-37-24-20(26(33)35)25(31-8-10-36-11-9-31)29-23(21(24)27)19-15(2)4-5-16-12-28-30-22(16)19/h3-5,12,17H,1,6-11,13-14H2,2H3,(H,28,30)/t17-/m1/s1. The Morgan fingerprint density at radius 1 is 1.22 bits per heavy atom. The van der Waals surface area contributed by atoms with E-state index < -0.39 is 11.9 Å². The number of H-pyrrole nitrogens is 1. The Hall–Kier alpha value is -3.99. The first-order chi connectivity index (χ1) is 18.0. The number of hydrogen-bond acceptors (Lipinski definition) is 7. The van der Waals surface area contributed by atoms with Crippen LogP contribution in [-0.4, -0.2) is 95.4 Å². The van der Waals surface area contributed by atoms with Crippen LogP contribution in [0.4, 0.5) is 10.2 Å². The largest absolute Gasteiger partial charge is 0.487 e. The maximum absolute atomic E-state index is 16.4. The summed E-state index contributed by atoms with van der Waals surface area (Å²) in [6.45, 7) is 8.42. The van der Waals surface area contributed by atoms with Crippen LogP contribution >= 0.6 is 0 Å². The van der Waals surface area contributed by atoms with Gasteiger partial charge in [0.2, 0.25) is 5.91 Å². The number of carbonyl (C=O) groups excluding carboxylic acids is 2. The number of aromatic amines is 1. The van der Waals surface area contributed by atoms with Gasteiger partial charge in [-0.1, -0.05) is 18.7 Å². The average molecular weight is 507 g/mol. The van der Waals surface area contributed by atoms with Crippen molar-refractivity contribution in [3.63, 3.8) is 0 Å². The summed E-state index contributed by atoms with van der Waals surface area (Å²) in [5, 5.41) is 7.92. The van der Waals surface area contributed by atoms with E-state index in [9.17, 15) is 9.59 Å². The Bertz CT molecular complexity index is 1420. The molecular weight excluding hydrogens is 479 g/mol. The third-order valence-corrected chi connectivity index (χ3v) is 7.31. The van der Waals surface area contributed by atoms with E-state index in [0.717, 1.165) is 10.9 Å². The number of amides is 2. The number of benzene rings is 1. The molecule has 1 atom stereocenters. The van der Waals surface area contributed by atoms with Crippen molar-refractivity contribution in [3.05, 3.63) is 47.9 Å². The van der Waals surface area contributed by atoms with Crippen LogP contribution in [0, 0.1) is 12.7 Å². The molecule has 192 valence electrons. The highest BCUT2D eigenvalue weighted by Crippen LogP contribution is 2.42. The minimum absolute atomic E-state index is 0.0514. The van der Waals surface area contributed by atoms with Gasteiger partial charge in [-0.2, -0.15) is 5.10 Å². The van der Waals surface area contributed by atoms with E-state index in [2.05, 4.69) is 16.8 Å². The lowest BCUT2D eigenvalue weighted by molar-refractivity contribution is -0.128. The number of halogens is 1. The molecule has 3 aliphatic heterocycles. The van der Waals surface area contributed by atoms with E-state index in [0.29, 0.717) is 56.3 Å². The summed E-state index contributed by atoms with van der Waals surface area (Å²) in [5.41, 5.74) is 2.26. The molecule has 0 aliphatic carbocycles. The highest BCUT2D eigenvalue weighted by atomic mass is 19.1. The number of carbonyl (C=O) groups is 2. The average Bonchev–Trinajstić information content (AvgIpc) is 3.35. The molecular formula is C26H27FN6O4. The second-order valence-corrected chi connectivity index (χ2v) is 9.44. The highest BCUT2D eigenvalue weighted by Gasteiger charge is 2.41. The van der Waals surface area contributed by atoms with Crippen LogP contribution < -0.4 is 9.64 Å². The number of fused-ring (bicyclic) bond motifs is 3. The maximum Gasteiger partial charge on any atom is 0.262 e. The van der Waals surface area contributed by atoms with E-state index in [1.165, 1.54) is 6.08 Å². The summed E-state index contributed by atoms with van der Waals surface area (Å²) >= 11 is 0. The number of anilines is 1. The lowest BCUT2D eigenvalue weighted by Crippen LogP contribution is -2.57. The van der Waals surface area contributed by atoms with Gasteiger partial charge in [-0.05, 0) is 18.6 Å². The Kier molecular flexibility index (Phi) is 5.79. The first kappa shape index (κ1) is 23.4. The van der Waals surface area contributed by atoms with Gasteiger partial charge in [-0.3, -0.25) is 14.7 Å². The lowest BCUT2D eigenvalue weighted by Gasteiger charge is -2.39. The molecule has 0 radical (unpaired) electrons. The van der Waals surface area contributed by atoms with Gasteiger partial charge in [-0.25, -0.2) is 9.37 Å². The SMILES string of the molecule is C=CC(=O)N1CCN2C(=O)c3c(N4CCOCC4)nc(-c4c(C)ccc5cn[nH]c45)c(F)c3OC[C@H]2C1. The molecule has 2 saturated heterocycles. The number of aromatic nitrogens is 3. The Labute approximate surface area is 212 Å². The van der Waals surface area contributed by atoms with Gasteiger partial charge < -0.3 is 24.2 Å². The van der Waals surface area contributed by atoms with E-state index in [-0.39, 0.29) is 42.0 Å². The van der Waals surface area contributed by atoms with E-state index in [1.807, 2.05) is 24.0 Å². The van der Waals surface area contributed by atoms with Gasteiger partial charge in [0.1, 0.15) is 23.7 Å². The molecule has 0 saturated carbocycles. The van der Waals surface area contributed by atoms with Crippen molar-refractivity contribution >= 4 is 28.5 Å². The van der Waals surface area contributed by atoms with E-state index in [1.54, 1.807) is 16.0 Å². The number of piperazine rings is 1. The Morgan fingerprint density at radius 3 is 2.81 bits per heavy atom. The van der Waals surface area contributed by atoms with Crippen molar-refractivity contribution < 1.29 is 23.5 Å². The van der Waals surface area contributed by atoms with Crippen LogP contribution in [-0.2, 0) is 9.53 Å². The van der Waals surface area contributed by atoms with Crippen LogP contribution in [0.1, 0.15) is 15.9 Å². The number of hydrogen-bond donors (Lipinski definition) is 1. The van der Waals surface area contributed by atoms with Crippen molar-refractivity contribution in [2.24, 2.45) is 0 Å². The second kappa shape index (κ2) is 9.15. The normalized spacial score (nSPS) is 19.8. The third-order valence-electron chi connectivity index (χ3n) is 7.31. The number of nitrogens with one attached hydrogen (secondary N) is 1. The number of morpholine rings is 1. The zero-order valence-electron chi connectivity index (χ0n) is 20.5. The first-order valence-electron chi connectivity index (χ1n) is 12.3. The molecule has 5 heterocycles. The number of ether oxygens (including phenoxy) is 2. The first-order valence-corrected chi connectivity index (χ1v) is 12.3. The van der Waals surface area contributed by atoms with Gasteiger partial charge in [-0.15, -0.1) is 0 Å². The van der Waals surface area contributed by atoms with Crippen LogP contribution in [0.2, 0.25) is 0 Å². The van der Waals surface area contributed by atoms with E-state index in [4.69, 9.17) is 14.5 Å². The molecule has 10 nitrogen and oxygen atoms in total. The molecule has 11 heteroatoms. The molecule has 3 aromatic rings. The molecule has 2 amide bonds. The molecule has 1 aromatic carbocycles. The fourth-order valence-electron chi connectivity index (χ4n) is 5.37. The highest BCUT2D eigenvalue weighted by molar-refractivity contribution is 6.04. The van der Waals surface area contributed by atoms with Crippen LogP contribution in [0.3, 0.4) is 0 Å². The monoisotopic (exact) mass is 506 g/mol. The Morgan fingerprint density at radius 2 is 2.03 bits per heavy atom. The summed E-state index contributed by atoms with van der Waals surface area (Å²) in [7, 11) is 0. The van der Waals surface area contributed by atoms with E-state index >= 15 is 4.39 Å². The quantitative estimate of drug-likeness (QED) is 0.543. The third kappa shape index (κ3) is 3.81. The van der Waals surface area contributed by atoms with Crippen LogP contribution in [0.5, 0.6) is 5.75 Å². The fourth-order valence-corrected chi connectivity index (χ4v) is 5.37. The fraction of sp³-hybridized carbons (Fsp3) is 0.385. The molecule has 0 bridgehead atoms. The smallest absolute Gasteiger partial charge is 0.262 e. The molecule has 1 N–H and O–H groups in total. The summed E-state index contributed by atoms with van der Waals surface area (Å²) < 4.78 is 28.0. The topological polar surface area (TPSA) is 104 Å². The maximum atomic E-state index is 16.4. The molecule has 6 rings (SSSR count). The number of pyridine rings is 1. The molecule has 0 unspecified atom stereocenters. The van der Waals surface area contributed by atoms with Gasteiger partial charge >= 0.3 is 0 Å². The summed E-state index contributed by atoms with van der Waals surface area (Å²) in [5.74, 6) is -0.978. The molecule has 2 aromatic heterocycles. The van der Waals surface area contributed by atoms with Gasteiger partial charge in [0, 0.05) is 43.7 Å². The van der Waals surface area contributed by atoms with Gasteiger partial charge in [0.15, 0.2) is 11.6 Å². The summed E-state index contributed by atoms with van der Waals surface area (Å²) in [6, 6.07) is 3.39. The molecule has 2 fully saturated rings. The zero-order chi connectivity index (χ0) is 25.7. The number of nitrogens with zero attached hydrogens (tertiary/aromatic N) is 5. The molecule has 37 heavy (non-hydrogen) atoms. The van der Waals surface area contributed by atoms with Crippen molar-refractivity contribution in [2.45, 2.75) is 13.0 Å². The van der Waals surface area contributed by atoms with Crippen molar-refractivity contribution in [1.82, 2.24) is 25.0 Å². The van der Waals surface area contributed by atoms with Crippen molar-refractivity contribution in [1.29, 1.82) is 0 Å². The second-order valence-electron chi connectivity index (χ2n) is 9.44. The Balaban J connectivity index is 1.52. The van der Waals surface area contributed by atoms with Crippen LogP contribution in [0.25, 0.3) is 22.2 Å². The van der Waals surface area contributed by atoms with Gasteiger partial charge in [0.25, 0.3) is 5.91 Å². The predicted octanol–water partition coefficient (Wildman–Crippen LogP) is 2.14.